The Morgan fingerprint density at radius 1 is 1.18 bits per heavy atom. The van der Waals surface area contributed by atoms with Crippen molar-refractivity contribution in [3.63, 3.8) is 0 Å². The lowest BCUT2D eigenvalue weighted by atomic mass is 9.69. The number of carbonyl (C=O) groups excluding carboxylic acids is 1. The molecule has 0 spiro atoms. The normalized spacial score (nSPS) is 53.1. The van der Waals surface area contributed by atoms with Crippen LogP contribution in [0.25, 0.3) is 0 Å². The summed E-state index contributed by atoms with van der Waals surface area (Å²) in [6.07, 6.45) is 8.33. The van der Waals surface area contributed by atoms with Gasteiger partial charge in [-0.3, -0.25) is 4.79 Å². The molecule has 3 saturated carbocycles. The first-order valence-corrected chi connectivity index (χ1v) is 6.75. The van der Waals surface area contributed by atoms with E-state index in [-0.39, 0.29) is 11.9 Å². The molecule has 3 nitrogen and oxygen atoms in total. The van der Waals surface area contributed by atoms with E-state index in [4.69, 9.17) is 9.84 Å². The second-order valence-electron chi connectivity index (χ2n) is 6.20. The van der Waals surface area contributed by atoms with Crippen LogP contribution in [0, 0.1) is 41.4 Å². The van der Waals surface area contributed by atoms with Crippen molar-refractivity contribution in [3.05, 3.63) is 12.2 Å². The van der Waals surface area contributed by atoms with Gasteiger partial charge in [0, 0.05) is 0 Å². The summed E-state index contributed by atoms with van der Waals surface area (Å²) < 4.78 is 4.81. The molecule has 4 aliphatic carbocycles. The molecule has 0 aromatic heterocycles. The van der Waals surface area contributed by atoms with E-state index in [0.29, 0.717) is 5.92 Å². The molecule has 1 N–H and O–H groups in total. The Morgan fingerprint density at radius 2 is 1.94 bits per heavy atom. The number of hydrogen-bond acceptors (Lipinski definition) is 3. The van der Waals surface area contributed by atoms with Crippen LogP contribution in [0.4, 0.5) is 0 Å². The summed E-state index contributed by atoms with van der Waals surface area (Å²) >= 11 is 0. The van der Waals surface area contributed by atoms with E-state index in [1.807, 2.05) is 0 Å². The monoisotopic (exact) mass is 234 g/mol. The Morgan fingerprint density at radius 3 is 2.71 bits per heavy atom. The Hall–Kier alpha value is -0.830. The zero-order valence-corrected chi connectivity index (χ0v) is 9.79. The number of rotatable bonds is 2. The molecule has 0 amide bonds. The van der Waals surface area contributed by atoms with Crippen LogP contribution < -0.4 is 0 Å². The zero-order chi connectivity index (χ0) is 11.6. The summed E-state index contributed by atoms with van der Waals surface area (Å²) in [6.45, 7) is -0.466. The molecule has 4 bridgehead atoms. The van der Waals surface area contributed by atoms with E-state index in [9.17, 15) is 4.79 Å². The van der Waals surface area contributed by atoms with Gasteiger partial charge in [0.15, 0.2) is 6.79 Å². The van der Waals surface area contributed by atoms with Crippen molar-refractivity contribution in [2.75, 3.05) is 6.79 Å². The summed E-state index contributed by atoms with van der Waals surface area (Å²) in [4.78, 5) is 11.8. The summed E-state index contributed by atoms with van der Waals surface area (Å²) in [5, 5.41) is 8.71. The van der Waals surface area contributed by atoms with Gasteiger partial charge in [0.05, 0.1) is 5.92 Å². The lowest BCUT2D eigenvalue weighted by Crippen LogP contribution is -2.35. The molecule has 0 saturated heterocycles. The Labute approximate surface area is 101 Å². The van der Waals surface area contributed by atoms with Crippen molar-refractivity contribution in [2.45, 2.75) is 19.3 Å². The van der Waals surface area contributed by atoms with E-state index in [1.165, 1.54) is 12.8 Å². The molecule has 3 fully saturated rings. The number of aliphatic hydroxyl groups excluding tert-OH is 1. The highest BCUT2D eigenvalue weighted by molar-refractivity contribution is 5.73. The largest absolute Gasteiger partial charge is 0.438 e. The van der Waals surface area contributed by atoms with Crippen LogP contribution in [0.1, 0.15) is 19.3 Å². The number of aliphatic hydroxyl groups is 1. The van der Waals surface area contributed by atoms with E-state index < -0.39 is 6.79 Å². The van der Waals surface area contributed by atoms with Gasteiger partial charge in [-0.1, -0.05) is 12.2 Å². The minimum absolute atomic E-state index is 0.0705. The minimum Gasteiger partial charge on any atom is -0.438 e. The van der Waals surface area contributed by atoms with Gasteiger partial charge in [0.1, 0.15) is 0 Å². The van der Waals surface area contributed by atoms with E-state index in [2.05, 4.69) is 12.2 Å². The van der Waals surface area contributed by atoms with Crippen molar-refractivity contribution in [3.8, 4) is 0 Å². The maximum Gasteiger partial charge on any atom is 0.311 e. The van der Waals surface area contributed by atoms with Crippen LogP contribution in [0.5, 0.6) is 0 Å². The molecule has 7 atom stereocenters. The number of hydrogen-bond donors (Lipinski definition) is 1. The van der Waals surface area contributed by atoms with Crippen LogP contribution >= 0.6 is 0 Å². The standard InChI is InChI=1S/C14H18O3/c15-6-17-14(16)11-5-9-4-10(11)13-8-2-1-7(3-8)12(9)13/h1-2,7-13,15H,3-6H2. The fourth-order valence-electron chi connectivity index (χ4n) is 5.46. The van der Waals surface area contributed by atoms with E-state index in [0.717, 1.165) is 36.0 Å². The first-order chi connectivity index (χ1) is 8.29. The van der Waals surface area contributed by atoms with Gasteiger partial charge in [-0.2, -0.15) is 0 Å². The molecule has 3 heteroatoms. The van der Waals surface area contributed by atoms with Gasteiger partial charge in [0.25, 0.3) is 0 Å². The third kappa shape index (κ3) is 1.18. The summed E-state index contributed by atoms with van der Waals surface area (Å²) in [5.41, 5.74) is 0. The Bertz CT molecular complexity index is 389. The highest BCUT2D eigenvalue weighted by Crippen LogP contribution is 2.67. The average Bonchev–Trinajstić information content (AvgIpc) is 3.07. The molecular formula is C14H18O3. The molecule has 4 aliphatic rings. The Kier molecular flexibility index (Phi) is 1.99. The van der Waals surface area contributed by atoms with Crippen molar-refractivity contribution >= 4 is 5.97 Å². The molecule has 0 heterocycles. The topological polar surface area (TPSA) is 46.5 Å². The van der Waals surface area contributed by atoms with Gasteiger partial charge >= 0.3 is 5.97 Å². The molecule has 0 aromatic rings. The zero-order valence-electron chi connectivity index (χ0n) is 9.79. The molecular weight excluding hydrogens is 216 g/mol. The number of allylic oxidation sites excluding steroid dienone is 2. The number of esters is 1. The number of ether oxygens (including phenoxy) is 1. The average molecular weight is 234 g/mol. The smallest absolute Gasteiger partial charge is 0.311 e. The lowest BCUT2D eigenvalue weighted by molar-refractivity contribution is -0.160. The fraction of sp³-hybridized carbons (Fsp3) is 0.786. The molecule has 4 rings (SSSR count). The van der Waals surface area contributed by atoms with Gasteiger partial charge in [-0.15, -0.1) is 0 Å². The number of fused-ring (bicyclic) bond motifs is 9. The first-order valence-electron chi connectivity index (χ1n) is 6.75. The van der Waals surface area contributed by atoms with Crippen molar-refractivity contribution in [2.24, 2.45) is 41.4 Å². The highest BCUT2D eigenvalue weighted by atomic mass is 16.6. The van der Waals surface area contributed by atoms with Crippen molar-refractivity contribution in [1.82, 2.24) is 0 Å². The maximum absolute atomic E-state index is 11.8. The van der Waals surface area contributed by atoms with Crippen LogP contribution in [0.2, 0.25) is 0 Å². The van der Waals surface area contributed by atoms with Gasteiger partial charge in [-0.25, -0.2) is 0 Å². The van der Waals surface area contributed by atoms with Gasteiger partial charge in [-0.05, 0) is 54.8 Å². The fourth-order valence-corrected chi connectivity index (χ4v) is 5.46. The summed E-state index contributed by atoms with van der Waals surface area (Å²) in [6, 6.07) is 0. The van der Waals surface area contributed by atoms with E-state index in [1.54, 1.807) is 0 Å². The first kappa shape index (κ1) is 10.1. The summed E-state index contributed by atoms with van der Waals surface area (Å²) in [5.74, 6) is 4.30. The Balaban J connectivity index is 1.59. The highest BCUT2D eigenvalue weighted by Gasteiger charge is 2.62. The van der Waals surface area contributed by atoms with Crippen LogP contribution in [0.3, 0.4) is 0 Å². The van der Waals surface area contributed by atoms with Crippen molar-refractivity contribution in [1.29, 1.82) is 0 Å². The third-order valence-corrected chi connectivity index (χ3v) is 5.78. The number of carbonyl (C=O) groups is 1. The van der Waals surface area contributed by atoms with Gasteiger partial charge in [0.2, 0.25) is 0 Å². The molecule has 0 radical (unpaired) electrons. The third-order valence-electron chi connectivity index (χ3n) is 5.78. The SMILES string of the molecule is O=C(OCO)C1CC2CC1C1C3C=CC(C3)C21. The molecule has 92 valence electrons. The summed E-state index contributed by atoms with van der Waals surface area (Å²) in [7, 11) is 0. The maximum atomic E-state index is 11.8. The minimum atomic E-state index is -0.466. The van der Waals surface area contributed by atoms with Crippen LogP contribution in [0.15, 0.2) is 12.2 Å². The second-order valence-corrected chi connectivity index (χ2v) is 6.20. The molecule has 7 unspecified atom stereocenters. The predicted octanol–water partition coefficient (Wildman–Crippen LogP) is 1.57. The molecule has 0 aromatic carbocycles. The quantitative estimate of drug-likeness (QED) is 0.341. The van der Waals surface area contributed by atoms with Crippen molar-refractivity contribution < 1.29 is 14.6 Å². The van der Waals surface area contributed by atoms with E-state index >= 15 is 0 Å². The van der Waals surface area contributed by atoms with Crippen LogP contribution in [-0.2, 0) is 9.53 Å². The lowest BCUT2D eigenvalue weighted by Gasteiger charge is -2.35. The molecule has 0 aliphatic heterocycles. The van der Waals surface area contributed by atoms with Crippen LogP contribution in [-0.4, -0.2) is 17.9 Å². The predicted molar refractivity (Wildman–Crippen MR) is 60.6 cm³/mol. The molecule has 17 heavy (non-hydrogen) atoms. The van der Waals surface area contributed by atoms with Gasteiger partial charge < -0.3 is 9.84 Å². The second kappa shape index (κ2) is 3.35.